The van der Waals surface area contributed by atoms with Crippen LogP contribution in [0.4, 0.5) is 0 Å². The molecule has 144 valence electrons. The molecule has 0 aliphatic carbocycles. The molecule has 0 unspecified atom stereocenters. The largest absolute Gasteiger partial charge is 0.461 e. The highest BCUT2D eigenvalue weighted by atomic mass is 32.2. The summed E-state index contributed by atoms with van der Waals surface area (Å²) in [5, 5.41) is 4.67. The van der Waals surface area contributed by atoms with Crippen molar-refractivity contribution in [3.8, 4) is 11.6 Å². The number of nitrogens with zero attached hydrogens (tertiary/aromatic N) is 4. The Morgan fingerprint density at radius 2 is 2.23 bits per heavy atom. The van der Waals surface area contributed by atoms with E-state index in [0.29, 0.717) is 41.9 Å². The van der Waals surface area contributed by atoms with E-state index in [0.717, 1.165) is 6.54 Å². The highest BCUT2D eigenvalue weighted by Gasteiger charge is 2.33. The zero-order valence-electron chi connectivity index (χ0n) is 15.5. The molecule has 1 aliphatic heterocycles. The second kappa shape index (κ2) is 7.66. The molecule has 2 aromatic rings. The number of rotatable bonds is 7. The predicted molar refractivity (Wildman–Crippen MR) is 103 cm³/mol. The number of aromatic nitrogens is 3. The maximum atomic E-state index is 11.9. The Hall–Kier alpha value is -1.45. The van der Waals surface area contributed by atoms with E-state index in [9.17, 15) is 8.42 Å². The van der Waals surface area contributed by atoms with Gasteiger partial charge in [0, 0.05) is 19.1 Å². The highest BCUT2D eigenvalue weighted by Crippen LogP contribution is 2.22. The Morgan fingerprint density at radius 1 is 1.46 bits per heavy atom. The second-order valence-electron chi connectivity index (χ2n) is 7.19. The molecule has 0 spiro atoms. The van der Waals surface area contributed by atoms with Crippen LogP contribution < -0.4 is 0 Å². The molecule has 9 heteroatoms. The monoisotopic (exact) mass is 398 g/mol. The molecule has 0 radical (unpaired) electrons. The first-order chi connectivity index (χ1) is 12.3. The van der Waals surface area contributed by atoms with Crippen LogP contribution >= 0.6 is 12.2 Å². The minimum absolute atomic E-state index is 0.0168. The van der Waals surface area contributed by atoms with Gasteiger partial charge >= 0.3 is 0 Å². The third-order valence-corrected chi connectivity index (χ3v) is 6.80. The maximum absolute atomic E-state index is 11.9. The van der Waals surface area contributed by atoms with Gasteiger partial charge in [-0.15, -0.1) is 5.10 Å². The molecule has 0 amide bonds. The first-order valence-corrected chi connectivity index (χ1v) is 11.2. The fourth-order valence-electron chi connectivity index (χ4n) is 3.43. The van der Waals surface area contributed by atoms with Crippen LogP contribution in [-0.4, -0.2) is 51.8 Å². The van der Waals surface area contributed by atoms with Gasteiger partial charge in [-0.05, 0) is 43.6 Å². The Labute approximate surface area is 159 Å². The molecule has 1 aliphatic rings. The molecule has 0 aromatic carbocycles. The molecule has 3 heterocycles. The third kappa shape index (κ3) is 4.10. The van der Waals surface area contributed by atoms with Crippen molar-refractivity contribution in [3.05, 3.63) is 23.2 Å². The lowest BCUT2D eigenvalue weighted by atomic mass is 10.1. The van der Waals surface area contributed by atoms with Crippen molar-refractivity contribution < 1.29 is 12.8 Å². The summed E-state index contributed by atoms with van der Waals surface area (Å²) in [7, 11) is -2.94. The van der Waals surface area contributed by atoms with Crippen molar-refractivity contribution in [3.63, 3.8) is 0 Å². The Kier molecular flexibility index (Phi) is 5.69. The van der Waals surface area contributed by atoms with Crippen LogP contribution in [0.1, 0.15) is 27.2 Å². The summed E-state index contributed by atoms with van der Waals surface area (Å²) in [4.78, 5) is 2.20. The average Bonchev–Trinajstić information content (AvgIpc) is 3.26. The zero-order valence-corrected chi connectivity index (χ0v) is 17.1. The quantitative estimate of drug-likeness (QED) is 0.668. The normalized spacial score (nSPS) is 19.7. The summed E-state index contributed by atoms with van der Waals surface area (Å²) < 4.78 is 33.7. The summed E-state index contributed by atoms with van der Waals surface area (Å²) in [6.45, 7) is 8.26. The van der Waals surface area contributed by atoms with Crippen molar-refractivity contribution in [2.45, 2.75) is 46.4 Å². The topological polar surface area (TPSA) is 73.3 Å². The van der Waals surface area contributed by atoms with Crippen LogP contribution in [0.25, 0.3) is 11.6 Å². The van der Waals surface area contributed by atoms with E-state index in [1.54, 1.807) is 10.9 Å². The Morgan fingerprint density at radius 3 is 2.77 bits per heavy atom. The van der Waals surface area contributed by atoms with Gasteiger partial charge in [0.2, 0.25) is 0 Å². The first-order valence-electron chi connectivity index (χ1n) is 8.96. The van der Waals surface area contributed by atoms with Crippen molar-refractivity contribution in [1.29, 1.82) is 0 Å². The minimum Gasteiger partial charge on any atom is -0.461 e. The maximum Gasteiger partial charge on any atom is 0.199 e. The van der Waals surface area contributed by atoms with Crippen LogP contribution in [0.15, 0.2) is 22.8 Å². The third-order valence-electron chi connectivity index (χ3n) is 4.62. The van der Waals surface area contributed by atoms with E-state index in [-0.39, 0.29) is 17.5 Å². The molecule has 1 fully saturated rings. The molecule has 0 saturated carbocycles. The lowest BCUT2D eigenvalue weighted by Gasteiger charge is -2.29. The molecule has 3 rings (SSSR count). The molecular weight excluding hydrogens is 372 g/mol. The van der Waals surface area contributed by atoms with Crippen molar-refractivity contribution in [1.82, 2.24) is 19.2 Å². The minimum atomic E-state index is -2.94. The Balaban J connectivity index is 1.90. The predicted octanol–water partition coefficient (Wildman–Crippen LogP) is 2.80. The van der Waals surface area contributed by atoms with Gasteiger partial charge in [-0.25, -0.2) is 13.1 Å². The summed E-state index contributed by atoms with van der Waals surface area (Å²) in [6, 6.07) is 3.71. The molecular formula is C17H26N4O3S2. The van der Waals surface area contributed by atoms with Crippen LogP contribution in [0, 0.1) is 10.7 Å². The van der Waals surface area contributed by atoms with Crippen LogP contribution in [-0.2, 0) is 23.1 Å². The van der Waals surface area contributed by atoms with E-state index in [1.807, 2.05) is 23.6 Å². The second-order valence-corrected chi connectivity index (χ2v) is 9.78. The Bertz CT molecular complexity index is 897. The number of hydrogen-bond acceptors (Lipinski definition) is 6. The summed E-state index contributed by atoms with van der Waals surface area (Å²) in [5.74, 6) is 2.28. The van der Waals surface area contributed by atoms with Gasteiger partial charge in [0.05, 0.1) is 24.4 Å². The zero-order chi connectivity index (χ0) is 18.9. The van der Waals surface area contributed by atoms with Crippen LogP contribution in [0.5, 0.6) is 0 Å². The summed E-state index contributed by atoms with van der Waals surface area (Å²) in [6.07, 6.45) is 2.29. The fraction of sp³-hybridized carbons (Fsp3) is 0.647. The van der Waals surface area contributed by atoms with Crippen molar-refractivity contribution in [2.75, 3.05) is 18.1 Å². The van der Waals surface area contributed by atoms with Gasteiger partial charge in [0.25, 0.3) is 0 Å². The highest BCUT2D eigenvalue weighted by molar-refractivity contribution is 7.91. The summed E-state index contributed by atoms with van der Waals surface area (Å²) >= 11 is 5.61. The number of hydrogen-bond donors (Lipinski definition) is 0. The molecule has 1 saturated heterocycles. The van der Waals surface area contributed by atoms with Crippen LogP contribution in [0.3, 0.4) is 0 Å². The molecule has 26 heavy (non-hydrogen) atoms. The van der Waals surface area contributed by atoms with Crippen molar-refractivity contribution >= 4 is 22.1 Å². The lowest BCUT2D eigenvalue weighted by molar-refractivity contribution is 0.137. The molecule has 2 aromatic heterocycles. The van der Waals surface area contributed by atoms with Gasteiger partial charge in [-0.1, -0.05) is 13.8 Å². The van der Waals surface area contributed by atoms with E-state index >= 15 is 0 Å². The smallest absolute Gasteiger partial charge is 0.199 e. The SMILES string of the molecule is CCn1c(-c2ccco2)nn(CN(CC(C)C)[C@H]2CCS(=O)(=O)C2)c1=S. The van der Waals surface area contributed by atoms with E-state index in [4.69, 9.17) is 16.6 Å². The molecule has 0 N–H and O–H groups in total. The summed E-state index contributed by atoms with van der Waals surface area (Å²) in [5.41, 5.74) is 0. The van der Waals surface area contributed by atoms with Crippen LogP contribution in [0.2, 0.25) is 0 Å². The molecule has 1 atom stereocenters. The number of furan rings is 1. The molecule has 7 nitrogen and oxygen atoms in total. The van der Waals surface area contributed by atoms with Crippen molar-refractivity contribution in [2.24, 2.45) is 5.92 Å². The molecule has 0 bridgehead atoms. The average molecular weight is 399 g/mol. The lowest BCUT2D eigenvalue weighted by Crippen LogP contribution is -2.40. The van der Waals surface area contributed by atoms with Gasteiger partial charge in [-0.3, -0.25) is 9.47 Å². The fourth-order valence-corrected chi connectivity index (χ4v) is 5.51. The van der Waals surface area contributed by atoms with Gasteiger partial charge in [0.15, 0.2) is 26.2 Å². The first kappa shape index (κ1) is 19.3. The van der Waals surface area contributed by atoms with E-state index < -0.39 is 9.84 Å². The van der Waals surface area contributed by atoms with Gasteiger partial charge in [0.1, 0.15) is 0 Å². The standard InChI is InChI=1S/C17H26N4O3S2/c1-4-20-16(15-6-5-8-24-15)18-21(17(20)25)12-19(10-13(2)3)14-7-9-26(22,23)11-14/h5-6,8,13-14H,4,7,9-12H2,1-3H3/t14-/m0/s1. The number of sulfone groups is 1. The van der Waals surface area contributed by atoms with E-state index in [2.05, 4.69) is 23.8 Å². The van der Waals surface area contributed by atoms with Gasteiger partial charge in [-0.2, -0.15) is 0 Å². The van der Waals surface area contributed by atoms with Gasteiger partial charge < -0.3 is 4.42 Å². The van der Waals surface area contributed by atoms with E-state index in [1.165, 1.54) is 0 Å².